The zero-order valence-corrected chi connectivity index (χ0v) is 61.7. The topological polar surface area (TPSA) is 679 Å². The number of nitrogens with two attached hydrogens (primary N) is 3. The number of hydrazine groups is 1. The molecule has 28 N–H and O–H groups in total. The fourth-order valence-electron chi connectivity index (χ4n) is 11.9. The van der Waals surface area contributed by atoms with Crippen LogP contribution in [0.25, 0.3) is 10.9 Å². The minimum absolute atomic E-state index is 0.0161. The number of carboxylic acids is 1. The molecule has 42 heteroatoms. The molecule has 6 rings (SSSR count). The molecular formula is C70H98N22O20. The summed E-state index contributed by atoms with van der Waals surface area (Å²) in [5.74, 6) is -10.3. The van der Waals surface area contributed by atoms with Crippen LogP contribution in [-0.2, 0) is 81.6 Å². The normalized spacial score (nSPS) is 15.7. The fraction of sp³-hybridized carbons (Fsp3) is 0.471. The van der Waals surface area contributed by atoms with Crippen molar-refractivity contribution in [3.8, 4) is 5.75 Å². The molecule has 5 aromatic rings. The van der Waals surface area contributed by atoms with Gasteiger partial charge in [0.25, 0.3) is 5.91 Å². The van der Waals surface area contributed by atoms with Crippen LogP contribution in [0.5, 0.6) is 5.75 Å². The predicted molar refractivity (Wildman–Crippen MR) is 397 cm³/mol. The Balaban J connectivity index is 1.17. The molecule has 13 amide bonds. The number of pyridine rings is 1. The van der Waals surface area contributed by atoms with Crippen molar-refractivity contribution in [1.29, 1.82) is 5.41 Å². The van der Waals surface area contributed by atoms with Crippen LogP contribution in [-0.4, -0.2) is 256 Å². The van der Waals surface area contributed by atoms with E-state index in [4.69, 9.17) is 22.7 Å². The number of primary amides is 1. The molecule has 2 aromatic carbocycles. The zero-order chi connectivity index (χ0) is 82.5. The van der Waals surface area contributed by atoms with Crippen LogP contribution in [0.3, 0.4) is 0 Å². The van der Waals surface area contributed by atoms with Gasteiger partial charge in [-0.15, -0.1) is 0 Å². The number of aliphatic hydroxyl groups excluding tert-OH is 4. The summed E-state index contributed by atoms with van der Waals surface area (Å²) in [5.41, 5.74) is 15.0. The first-order valence-corrected chi connectivity index (χ1v) is 35.7. The van der Waals surface area contributed by atoms with Gasteiger partial charge in [-0.2, -0.15) is 0 Å². The summed E-state index contributed by atoms with van der Waals surface area (Å²) in [6, 6.07) is -4.61. The van der Waals surface area contributed by atoms with E-state index in [1.165, 1.54) is 66.9 Å². The van der Waals surface area contributed by atoms with Gasteiger partial charge in [0.2, 0.25) is 70.9 Å². The van der Waals surface area contributed by atoms with Gasteiger partial charge in [0.15, 0.2) is 12.0 Å². The number of carboxylic acid groups (broad SMARTS) is 1. The van der Waals surface area contributed by atoms with Gasteiger partial charge in [-0.05, 0) is 99.7 Å². The van der Waals surface area contributed by atoms with Crippen molar-refractivity contribution in [1.82, 2.24) is 88.6 Å². The van der Waals surface area contributed by atoms with E-state index in [1.54, 1.807) is 44.3 Å². The Labute approximate surface area is 640 Å². The number of amides is 13. The Kier molecular flexibility index (Phi) is 34.1. The van der Waals surface area contributed by atoms with E-state index in [1.807, 2.05) is 0 Å². The average molecular weight is 1570 g/mol. The number of phenols is 1. The highest BCUT2D eigenvalue weighted by Gasteiger charge is 2.41. The van der Waals surface area contributed by atoms with Crippen molar-refractivity contribution >= 4 is 105 Å². The number of phenolic OH excluding ortho intramolecular Hbond substituents is 1. The first kappa shape index (κ1) is 88.5. The molecule has 0 aliphatic carbocycles. The summed E-state index contributed by atoms with van der Waals surface area (Å²) in [6.07, 6.45) is 2.03. The number of imidazole rings is 1. The smallest absolute Gasteiger partial charge is 0.328 e. The molecule has 3 aromatic heterocycles. The molecule has 0 saturated carbocycles. The summed E-state index contributed by atoms with van der Waals surface area (Å²) in [5, 5.41) is 98.3. The Hall–Kier alpha value is -12.4. The second-order valence-electron chi connectivity index (χ2n) is 26.9. The number of aliphatic carboxylic acids is 1. The number of rotatable bonds is 44. The standard InChI is InChI=1S/C70H98N22O20/c1-34(2)23-46(83-63(105)49(26-40-29-75-33-79-40)85-62(104)48(25-39-28-77-43-10-6-5-9-42(39)43)86-67(109)53-12-8-22-92(53)68(110)35(3)80-57(99)38-15-20-55(91-74)78-27-38)60(102)87-52(32-95)66(108)89-51(31-94)65(107)82-45(18-19-54(71)98)58(100)84-47(24-37-13-16-41(97)17-14-37)61(103)88-50(30-93)64(106)81-44(11-7-21-76-70(72)73)59(101)90-56(36(4)96)69(111)112/h5-6,9-10,13-17,20,27-29,33-36,44-53,56,77,93-97H,7-8,11-12,18-19,21-26,30-32,74H2,1-4H3,(H2,71,98)(H,75,79)(H,78,91)(H,80,99)(H,81,106)(H,82,107)(H,83,105)(H,84,100)(H,85,104)(H,86,109)(H,87,102)(H,88,103)(H,89,108)(H,90,101)(H,111,112)(H4,72,73,76)/t35-,36+,44-,45-,46-,47-,48-,49-,50-,51-,52-,53-,56-/m0/s1. The lowest BCUT2D eigenvalue weighted by Gasteiger charge is -2.29. The van der Waals surface area contributed by atoms with Gasteiger partial charge in [-0.25, -0.2) is 20.6 Å². The van der Waals surface area contributed by atoms with E-state index in [0.717, 1.165) is 6.92 Å². The molecule has 4 heterocycles. The van der Waals surface area contributed by atoms with Crippen molar-refractivity contribution in [2.75, 3.05) is 38.3 Å². The number of benzene rings is 2. The number of aromatic amines is 2. The quantitative estimate of drug-likeness (QED) is 0.00566. The number of para-hydroxylation sites is 1. The number of likely N-dealkylation sites (tertiary alicyclic amines) is 1. The Morgan fingerprint density at radius 2 is 1.13 bits per heavy atom. The maximum Gasteiger partial charge on any atom is 0.328 e. The molecule has 0 spiro atoms. The molecule has 42 nitrogen and oxygen atoms in total. The highest BCUT2D eigenvalue weighted by atomic mass is 16.4. The van der Waals surface area contributed by atoms with Gasteiger partial charge in [-0.3, -0.25) is 67.7 Å². The second kappa shape index (κ2) is 43.1. The molecule has 1 saturated heterocycles. The van der Waals surface area contributed by atoms with Crippen molar-refractivity contribution in [3.05, 3.63) is 108 Å². The van der Waals surface area contributed by atoms with E-state index in [9.17, 15) is 97.8 Å². The van der Waals surface area contributed by atoms with Crippen LogP contribution < -0.4 is 86.5 Å². The number of hydrogen-bond acceptors (Lipinski definition) is 24. The Morgan fingerprint density at radius 3 is 1.66 bits per heavy atom. The predicted octanol–water partition coefficient (Wildman–Crippen LogP) is -7.02. The van der Waals surface area contributed by atoms with Gasteiger partial charge in [0.05, 0.1) is 43.5 Å². The number of aromatic nitrogens is 4. The first-order chi connectivity index (χ1) is 53.2. The minimum Gasteiger partial charge on any atom is -0.508 e. The van der Waals surface area contributed by atoms with Crippen molar-refractivity contribution in [2.24, 2.45) is 23.2 Å². The second-order valence-corrected chi connectivity index (χ2v) is 26.9. The van der Waals surface area contributed by atoms with E-state index in [2.05, 4.69) is 89.2 Å². The van der Waals surface area contributed by atoms with Gasteiger partial charge in [-0.1, -0.05) is 44.2 Å². The maximum atomic E-state index is 14.9. The Morgan fingerprint density at radius 1 is 0.607 bits per heavy atom. The number of hydrogen-bond donors (Lipinski definition) is 25. The van der Waals surface area contributed by atoms with E-state index >= 15 is 0 Å². The lowest BCUT2D eigenvalue weighted by atomic mass is 10.0. The number of guanidine groups is 1. The van der Waals surface area contributed by atoms with Crippen LogP contribution >= 0.6 is 0 Å². The van der Waals surface area contributed by atoms with Crippen molar-refractivity contribution in [3.63, 3.8) is 0 Å². The molecule has 0 bridgehead atoms. The van der Waals surface area contributed by atoms with E-state index < -0.39 is 206 Å². The number of nitrogen functional groups attached to an aromatic ring is 1. The maximum absolute atomic E-state index is 14.9. The van der Waals surface area contributed by atoms with Gasteiger partial charge in [0.1, 0.15) is 78.0 Å². The molecule has 112 heavy (non-hydrogen) atoms. The number of anilines is 1. The number of carbonyl (C=O) groups excluding carboxylic acids is 13. The van der Waals surface area contributed by atoms with Crippen LogP contribution in [0.1, 0.15) is 99.8 Å². The van der Waals surface area contributed by atoms with Crippen LogP contribution in [0.15, 0.2) is 85.6 Å². The number of nitrogens with zero attached hydrogens (tertiary/aromatic N) is 3. The highest BCUT2D eigenvalue weighted by molar-refractivity contribution is 6.01. The molecule has 1 aliphatic rings. The van der Waals surface area contributed by atoms with Crippen molar-refractivity contribution < 1.29 is 97.8 Å². The number of fused-ring (bicyclic) bond motifs is 1. The average Bonchev–Trinajstić information content (AvgIpc) is 1.62. The largest absolute Gasteiger partial charge is 0.508 e. The Bertz CT molecular complexity index is 4110. The number of carbonyl (C=O) groups is 14. The molecule has 0 radical (unpaired) electrons. The molecule has 608 valence electrons. The number of H-pyrrole nitrogens is 2. The molecule has 1 fully saturated rings. The SMILES string of the molecule is CC(C)C[C@H](NC(=O)[C@H](Cc1c[nH]cn1)NC(=O)[C@H](Cc1c[nH]c2ccccc12)NC(=O)[C@@H]1CCCN1C(=O)[C@H](C)NC(=O)c1ccc(NN)nc1)C(=O)N[C@@H](CO)C(=O)N[C@@H](CO)C(=O)N[C@@H](CCC(N)=O)C(=O)N[C@@H](Cc1ccc(O)cc1)C(=O)N[C@@H](CO)C(=O)N[C@@H](CCCNC(=N)N)C(=O)N[C@H](C(=O)O)[C@@H](C)O. The van der Waals surface area contributed by atoms with Crippen LogP contribution in [0, 0.1) is 11.3 Å². The number of aliphatic hydroxyl groups is 4. The molecule has 1 aliphatic heterocycles. The minimum atomic E-state index is -2.02. The fourth-order valence-corrected chi connectivity index (χ4v) is 11.9. The lowest BCUT2D eigenvalue weighted by Crippen LogP contribution is -2.62. The third-order valence-corrected chi connectivity index (χ3v) is 17.8. The third-order valence-electron chi connectivity index (χ3n) is 17.8. The summed E-state index contributed by atoms with van der Waals surface area (Å²) < 4.78 is 0. The van der Waals surface area contributed by atoms with Gasteiger partial charge in [0, 0.05) is 68.3 Å². The molecule has 13 atom stereocenters. The van der Waals surface area contributed by atoms with Crippen LogP contribution in [0.2, 0.25) is 0 Å². The lowest BCUT2D eigenvalue weighted by molar-refractivity contribution is -0.145. The highest BCUT2D eigenvalue weighted by Crippen LogP contribution is 2.23. The third kappa shape index (κ3) is 26.7. The summed E-state index contributed by atoms with van der Waals surface area (Å²) in [6.45, 7) is 2.44. The first-order valence-electron chi connectivity index (χ1n) is 35.7. The zero-order valence-electron chi connectivity index (χ0n) is 61.7. The van der Waals surface area contributed by atoms with Gasteiger partial charge < -0.3 is 126 Å². The van der Waals surface area contributed by atoms with E-state index in [0.29, 0.717) is 22.9 Å². The van der Waals surface area contributed by atoms with Crippen LogP contribution in [0.4, 0.5) is 5.82 Å². The summed E-state index contributed by atoms with van der Waals surface area (Å²) in [4.78, 5) is 209. The van der Waals surface area contributed by atoms with E-state index in [-0.39, 0.29) is 85.9 Å². The number of aromatic hydroxyl groups is 1. The van der Waals surface area contributed by atoms with Gasteiger partial charge >= 0.3 is 5.97 Å². The number of nitrogens with one attached hydrogen (secondary N) is 16. The molecule has 0 unspecified atom stereocenters. The van der Waals surface area contributed by atoms with Crippen molar-refractivity contribution in [2.45, 2.75) is 171 Å². The summed E-state index contributed by atoms with van der Waals surface area (Å²) >= 11 is 0. The monoisotopic (exact) mass is 1570 g/mol. The summed E-state index contributed by atoms with van der Waals surface area (Å²) in [7, 11) is 0. The molecular weight excluding hydrogens is 1470 g/mol.